The predicted octanol–water partition coefficient (Wildman–Crippen LogP) is 3.66. The van der Waals surface area contributed by atoms with Gasteiger partial charge in [-0.3, -0.25) is 4.79 Å². The number of rotatable bonds is 3. The normalized spacial score (nSPS) is 14.4. The molecule has 144 valence electrons. The zero-order valence-electron chi connectivity index (χ0n) is 15.0. The number of esters is 1. The van der Waals surface area contributed by atoms with Crippen molar-refractivity contribution in [3.8, 4) is 11.5 Å². The third-order valence-corrected chi connectivity index (χ3v) is 4.62. The van der Waals surface area contributed by atoms with Gasteiger partial charge >= 0.3 is 5.97 Å². The lowest BCUT2D eigenvalue weighted by atomic mass is 10.2. The van der Waals surface area contributed by atoms with Crippen molar-refractivity contribution in [3.05, 3.63) is 63.2 Å². The van der Waals surface area contributed by atoms with Gasteiger partial charge in [0.05, 0.1) is 34.7 Å². The van der Waals surface area contributed by atoms with Crippen molar-refractivity contribution in [2.24, 2.45) is 0 Å². The summed E-state index contributed by atoms with van der Waals surface area (Å²) in [5.74, 6) is 0.476. The lowest BCUT2D eigenvalue weighted by molar-refractivity contribution is 0.0319. The number of aromatic nitrogens is 2. The van der Waals surface area contributed by atoms with Crippen LogP contribution in [0.5, 0.6) is 11.5 Å². The average molecular weight is 401 g/mol. The van der Waals surface area contributed by atoms with Gasteiger partial charge in [-0.15, -0.1) is 0 Å². The van der Waals surface area contributed by atoms with Gasteiger partial charge in [-0.1, -0.05) is 23.7 Å². The molecule has 0 unspecified atom stereocenters. The van der Waals surface area contributed by atoms with Crippen LogP contribution in [-0.4, -0.2) is 29.2 Å². The van der Waals surface area contributed by atoms with Gasteiger partial charge in [-0.25, -0.2) is 9.78 Å². The minimum atomic E-state index is -0.764. The van der Waals surface area contributed by atoms with Crippen LogP contribution < -0.4 is 15.0 Å². The molecule has 2 aromatic carbocycles. The number of carbonyl (C=O) groups excluding carboxylic acids is 1. The van der Waals surface area contributed by atoms with Crippen molar-refractivity contribution in [3.63, 3.8) is 0 Å². The highest BCUT2D eigenvalue weighted by molar-refractivity contribution is 6.32. The van der Waals surface area contributed by atoms with E-state index in [2.05, 4.69) is 9.97 Å². The highest BCUT2D eigenvalue weighted by Gasteiger charge is 2.22. The number of nitrogens with one attached hydrogen (secondary N) is 1. The maximum absolute atomic E-state index is 12.6. The molecule has 1 aromatic heterocycles. The molecule has 0 bridgehead atoms. The number of hydrogen-bond acceptors (Lipinski definition) is 6. The molecule has 1 aliphatic rings. The summed E-state index contributed by atoms with van der Waals surface area (Å²) >= 11 is 6.23. The second-order valence-corrected chi connectivity index (χ2v) is 6.76. The second-order valence-electron chi connectivity index (χ2n) is 6.35. The van der Waals surface area contributed by atoms with Gasteiger partial charge in [0.2, 0.25) is 0 Å². The van der Waals surface area contributed by atoms with E-state index in [1.165, 1.54) is 12.1 Å². The molecule has 2 heterocycles. The molecule has 1 atom stereocenters. The minimum Gasteiger partial charge on any atom is -0.489 e. The number of ether oxygens (including phenoxy) is 3. The van der Waals surface area contributed by atoms with Crippen LogP contribution in [0.25, 0.3) is 10.9 Å². The number of halogens is 1. The van der Waals surface area contributed by atoms with Gasteiger partial charge in [-0.2, -0.15) is 0 Å². The Bertz CT molecular complexity index is 1110. The largest absolute Gasteiger partial charge is 0.489 e. The van der Waals surface area contributed by atoms with Crippen LogP contribution in [0.4, 0.5) is 0 Å². The summed E-state index contributed by atoms with van der Waals surface area (Å²) in [5, 5.41) is 0.746. The zero-order valence-corrected chi connectivity index (χ0v) is 15.8. The Morgan fingerprint density at radius 2 is 2.04 bits per heavy atom. The molecular weight excluding hydrogens is 384 g/mol. The number of H-pyrrole nitrogens is 1. The first-order valence-electron chi connectivity index (χ1n) is 8.82. The van der Waals surface area contributed by atoms with Gasteiger partial charge in [0.15, 0.2) is 23.4 Å². The molecule has 8 heteroatoms. The number of benzene rings is 2. The molecule has 7 nitrogen and oxygen atoms in total. The fourth-order valence-electron chi connectivity index (χ4n) is 2.93. The van der Waals surface area contributed by atoms with E-state index in [0.717, 1.165) is 6.42 Å². The molecule has 0 spiro atoms. The van der Waals surface area contributed by atoms with Gasteiger partial charge in [0.1, 0.15) is 0 Å². The minimum absolute atomic E-state index is 0.226. The quantitative estimate of drug-likeness (QED) is 0.675. The number of hydrogen-bond donors (Lipinski definition) is 1. The molecule has 0 amide bonds. The third-order valence-electron chi connectivity index (χ3n) is 4.34. The molecule has 4 rings (SSSR count). The van der Waals surface area contributed by atoms with Gasteiger partial charge in [0, 0.05) is 6.42 Å². The molecule has 1 N–H and O–H groups in total. The summed E-state index contributed by atoms with van der Waals surface area (Å²) in [7, 11) is 0. The molecular formula is C20H17ClN2O5. The summed E-state index contributed by atoms with van der Waals surface area (Å²) in [4.78, 5) is 31.9. The van der Waals surface area contributed by atoms with E-state index in [1.54, 1.807) is 31.2 Å². The number of nitrogens with zero attached hydrogens (tertiary/aromatic N) is 1. The Kier molecular flexibility index (Phi) is 4.92. The van der Waals surface area contributed by atoms with E-state index < -0.39 is 12.1 Å². The summed E-state index contributed by atoms with van der Waals surface area (Å²) in [5.41, 5.74) is 0.467. The Morgan fingerprint density at radius 3 is 2.89 bits per heavy atom. The van der Waals surface area contributed by atoms with Gasteiger partial charge < -0.3 is 19.2 Å². The summed E-state index contributed by atoms with van der Waals surface area (Å²) in [6.45, 7) is 2.60. The van der Waals surface area contributed by atoms with Gasteiger partial charge in [-0.05, 0) is 31.2 Å². The lowest BCUT2D eigenvalue weighted by Crippen LogP contribution is -2.17. The Labute approximate surface area is 165 Å². The van der Waals surface area contributed by atoms with Crippen molar-refractivity contribution < 1.29 is 19.0 Å². The Balaban J connectivity index is 1.59. The Hall–Kier alpha value is -3.06. The van der Waals surface area contributed by atoms with E-state index >= 15 is 0 Å². The average Bonchev–Trinajstić information content (AvgIpc) is 2.93. The highest BCUT2D eigenvalue weighted by Crippen LogP contribution is 2.38. The van der Waals surface area contributed by atoms with Crippen molar-refractivity contribution in [2.75, 3.05) is 13.2 Å². The SMILES string of the molecule is C[C@@H](OC(=O)c1cc(Cl)c2c(c1)OCCCO2)c1nc2ccccc2c(=O)[nH]1. The molecule has 0 saturated heterocycles. The number of carbonyl (C=O) groups is 1. The van der Waals surface area contributed by atoms with E-state index in [4.69, 9.17) is 25.8 Å². The number of fused-ring (bicyclic) bond motifs is 2. The summed E-state index contributed by atoms with van der Waals surface area (Å²) in [6, 6.07) is 9.97. The molecule has 1 aliphatic heterocycles. The predicted molar refractivity (Wildman–Crippen MR) is 103 cm³/mol. The van der Waals surface area contributed by atoms with Crippen molar-refractivity contribution in [2.45, 2.75) is 19.4 Å². The first-order chi connectivity index (χ1) is 13.5. The van der Waals surface area contributed by atoms with E-state index in [9.17, 15) is 9.59 Å². The molecule has 0 saturated carbocycles. The maximum atomic E-state index is 12.6. The highest BCUT2D eigenvalue weighted by atomic mass is 35.5. The van der Waals surface area contributed by atoms with Crippen LogP contribution >= 0.6 is 11.6 Å². The van der Waals surface area contributed by atoms with Crippen LogP contribution in [0.2, 0.25) is 5.02 Å². The van der Waals surface area contributed by atoms with Crippen molar-refractivity contribution in [1.29, 1.82) is 0 Å². The maximum Gasteiger partial charge on any atom is 0.339 e. The van der Waals surface area contributed by atoms with E-state index in [1.807, 2.05) is 0 Å². The standard InChI is InChI=1S/C20H17ClN2O5/c1-11(18-22-15-6-3-2-5-13(15)19(24)23-18)28-20(25)12-9-14(21)17-16(10-12)26-7-4-8-27-17/h2-3,5-6,9-11H,4,7-8H2,1H3,(H,22,23,24)/t11-/m1/s1. The second kappa shape index (κ2) is 7.52. The fourth-order valence-corrected chi connectivity index (χ4v) is 3.20. The van der Waals surface area contributed by atoms with Crippen molar-refractivity contribution in [1.82, 2.24) is 9.97 Å². The van der Waals surface area contributed by atoms with Crippen LogP contribution in [0.15, 0.2) is 41.2 Å². The molecule has 0 fully saturated rings. The van der Waals surface area contributed by atoms with E-state index in [0.29, 0.717) is 35.6 Å². The first-order valence-corrected chi connectivity index (χ1v) is 9.20. The number of para-hydroxylation sites is 1. The number of aromatic amines is 1. The molecule has 3 aromatic rings. The molecule has 0 radical (unpaired) electrons. The molecule has 28 heavy (non-hydrogen) atoms. The fraction of sp³-hybridized carbons (Fsp3) is 0.250. The Morgan fingerprint density at radius 1 is 1.25 bits per heavy atom. The zero-order chi connectivity index (χ0) is 19.7. The summed E-state index contributed by atoms with van der Waals surface area (Å²) < 4.78 is 16.6. The molecule has 0 aliphatic carbocycles. The van der Waals surface area contributed by atoms with Gasteiger partial charge in [0.25, 0.3) is 5.56 Å². The first kappa shape index (κ1) is 18.3. The smallest absolute Gasteiger partial charge is 0.339 e. The van der Waals surface area contributed by atoms with Crippen LogP contribution in [0.1, 0.15) is 35.6 Å². The summed E-state index contributed by atoms with van der Waals surface area (Å²) in [6.07, 6.45) is -0.0393. The van der Waals surface area contributed by atoms with Crippen LogP contribution in [-0.2, 0) is 4.74 Å². The monoisotopic (exact) mass is 400 g/mol. The lowest BCUT2D eigenvalue weighted by Gasteiger charge is -2.15. The third kappa shape index (κ3) is 3.53. The van der Waals surface area contributed by atoms with E-state index in [-0.39, 0.29) is 22.0 Å². The van der Waals surface area contributed by atoms with Crippen LogP contribution in [0, 0.1) is 0 Å². The topological polar surface area (TPSA) is 90.5 Å². The van der Waals surface area contributed by atoms with Crippen LogP contribution in [0.3, 0.4) is 0 Å². The van der Waals surface area contributed by atoms with Crippen molar-refractivity contribution >= 4 is 28.5 Å².